The fourth-order valence-corrected chi connectivity index (χ4v) is 3.25. The van der Waals surface area contributed by atoms with E-state index in [1.807, 2.05) is 0 Å². The molecule has 2 atom stereocenters. The zero-order valence-electron chi connectivity index (χ0n) is 12.3. The molecule has 114 valence electrons. The Labute approximate surface area is 120 Å². The minimum absolute atomic E-state index is 0.0673. The zero-order chi connectivity index (χ0) is 14.1. The number of piperazine rings is 3. The van der Waals surface area contributed by atoms with Gasteiger partial charge in [0.15, 0.2) is 0 Å². The highest BCUT2D eigenvalue weighted by Gasteiger charge is 2.33. The molecule has 2 bridgehead atoms. The Morgan fingerprint density at radius 2 is 2.05 bits per heavy atom. The van der Waals surface area contributed by atoms with Crippen molar-refractivity contribution in [1.82, 2.24) is 20.0 Å². The summed E-state index contributed by atoms with van der Waals surface area (Å²) in [5.74, 6) is 0.415. The molecule has 0 radical (unpaired) electrons. The van der Waals surface area contributed by atoms with Crippen molar-refractivity contribution in [3.05, 3.63) is 0 Å². The number of urea groups is 1. The molecule has 4 rings (SSSR count). The first-order valence-corrected chi connectivity index (χ1v) is 7.77. The summed E-state index contributed by atoms with van der Waals surface area (Å²) in [6, 6.07) is 0.380. The van der Waals surface area contributed by atoms with Gasteiger partial charge in [-0.1, -0.05) is 0 Å². The maximum Gasteiger partial charge on any atom is 0.317 e. The van der Waals surface area contributed by atoms with Crippen LogP contribution in [0.5, 0.6) is 0 Å². The number of hydrogen-bond donors (Lipinski definition) is 2. The molecule has 20 heavy (non-hydrogen) atoms. The lowest BCUT2D eigenvalue weighted by Gasteiger charge is -2.47. The molecule has 1 aliphatic carbocycles. The van der Waals surface area contributed by atoms with E-state index in [4.69, 9.17) is 0 Å². The molecule has 0 aromatic carbocycles. The van der Waals surface area contributed by atoms with Crippen LogP contribution in [0.1, 0.15) is 12.8 Å². The summed E-state index contributed by atoms with van der Waals surface area (Å²) in [6.45, 7) is 6.79. The summed E-state index contributed by atoms with van der Waals surface area (Å²) in [4.78, 5) is 18.6. The second-order valence-electron chi connectivity index (χ2n) is 6.46. The van der Waals surface area contributed by atoms with Crippen molar-refractivity contribution in [2.75, 3.05) is 52.9 Å². The van der Waals surface area contributed by atoms with E-state index in [0.29, 0.717) is 25.0 Å². The quantitative estimate of drug-likeness (QED) is 0.707. The van der Waals surface area contributed by atoms with Crippen LogP contribution in [0.3, 0.4) is 0 Å². The smallest absolute Gasteiger partial charge is 0.317 e. The Hall–Kier alpha value is -0.850. The summed E-state index contributed by atoms with van der Waals surface area (Å²) in [5, 5.41) is 12.9. The molecule has 2 unspecified atom stereocenters. The second-order valence-corrected chi connectivity index (χ2v) is 6.46. The van der Waals surface area contributed by atoms with Gasteiger partial charge in [-0.2, -0.15) is 0 Å². The van der Waals surface area contributed by atoms with Crippen LogP contribution in [-0.4, -0.2) is 90.8 Å². The Kier molecular flexibility index (Phi) is 4.14. The van der Waals surface area contributed by atoms with E-state index in [9.17, 15) is 9.90 Å². The van der Waals surface area contributed by atoms with Crippen LogP contribution >= 0.6 is 0 Å². The molecule has 2 N–H and O–H groups in total. The normalized spacial score (nSPS) is 33.8. The Balaban J connectivity index is 1.40. The lowest BCUT2D eigenvalue weighted by atomic mass is 10.1. The zero-order valence-corrected chi connectivity index (χ0v) is 12.3. The van der Waals surface area contributed by atoms with Gasteiger partial charge in [-0.05, 0) is 18.8 Å². The monoisotopic (exact) mass is 282 g/mol. The van der Waals surface area contributed by atoms with Gasteiger partial charge < -0.3 is 15.3 Å². The molecule has 2 amide bonds. The van der Waals surface area contributed by atoms with E-state index in [2.05, 4.69) is 15.1 Å². The van der Waals surface area contributed by atoms with Gasteiger partial charge in [0.2, 0.25) is 0 Å². The third kappa shape index (κ3) is 3.24. The van der Waals surface area contributed by atoms with E-state index >= 15 is 0 Å². The predicted octanol–water partition coefficient (Wildman–Crippen LogP) is -0.601. The maximum atomic E-state index is 12.0. The highest BCUT2D eigenvalue weighted by molar-refractivity contribution is 5.73. The van der Waals surface area contributed by atoms with E-state index in [1.165, 1.54) is 0 Å². The molecule has 0 spiro atoms. The molecule has 3 aliphatic heterocycles. The van der Waals surface area contributed by atoms with Gasteiger partial charge in [-0.15, -0.1) is 0 Å². The molecule has 1 saturated carbocycles. The number of aliphatic hydroxyl groups excluding tert-OH is 1. The number of carbonyl (C=O) groups is 1. The van der Waals surface area contributed by atoms with E-state index in [0.717, 1.165) is 45.6 Å². The van der Waals surface area contributed by atoms with Crippen LogP contribution < -0.4 is 5.32 Å². The maximum absolute atomic E-state index is 12.0. The number of hydrogen-bond acceptors (Lipinski definition) is 4. The van der Waals surface area contributed by atoms with Gasteiger partial charge in [0.1, 0.15) is 0 Å². The van der Waals surface area contributed by atoms with Gasteiger partial charge in [0.25, 0.3) is 0 Å². The van der Waals surface area contributed by atoms with Gasteiger partial charge >= 0.3 is 6.03 Å². The molecule has 4 fully saturated rings. The first kappa shape index (κ1) is 14.1. The van der Waals surface area contributed by atoms with Crippen LogP contribution in [0.15, 0.2) is 0 Å². The Morgan fingerprint density at radius 1 is 1.35 bits per heavy atom. The minimum Gasteiger partial charge on any atom is -0.391 e. The Bertz CT molecular complexity index is 353. The fraction of sp³-hybridized carbons (Fsp3) is 0.929. The number of nitrogens with one attached hydrogen (secondary N) is 1. The lowest BCUT2D eigenvalue weighted by Crippen LogP contribution is -2.63. The van der Waals surface area contributed by atoms with Crippen molar-refractivity contribution in [2.45, 2.75) is 25.0 Å². The molecule has 3 saturated heterocycles. The number of amides is 2. The van der Waals surface area contributed by atoms with Crippen molar-refractivity contribution in [3.8, 4) is 0 Å². The summed E-state index contributed by atoms with van der Waals surface area (Å²) in [5.41, 5.74) is 0. The third-order valence-electron chi connectivity index (χ3n) is 4.85. The van der Waals surface area contributed by atoms with Crippen LogP contribution in [0, 0.1) is 5.92 Å². The van der Waals surface area contributed by atoms with E-state index in [-0.39, 0.29) is 12.1 Å². The van der Waals surface area contributed by atoms with Crippen LogP contribution in [0.4, 0.5) is 4.79 Å². The molecule has 0 aromatic heterocycles. The predicted molar refractivity (Wildman–Crippen MR) is 76.6 cm³/mol. The SMILES string of the molecule is CN(CC(O)C1CC1)C(=O)NCC1CN2CCN1CC2. The number of nitrogens with zero attached hydrogens (tertiary/aromatic N) is 3. The second kappa shape index (κ2) is 5.87. The molecular weight excluding hydrogens is 256 g/mol. The van der Waals surface area contributed by atoms with Gasteiger partial charge in [-0.25, -0.2) is 4.79 Å². The fourth-order valence-electron chi connectivity index (χ4n) is 3.25. The highest BCUT2D eigenvalue weighted by atomic mass is 16.3. The minimum atomic E-state index is -0.355. The average molecular weight is 282 g/mol. The molecule has 6 heteroatoms. The van der Waals surface area contributed by atoms with Crippen LogP contribution in [-0.2, 0) is 0 Å². The van der Waals surface area contributed by atoms with Crippen LogP contribution in [0.2, 0.25) is 0 Å². The molecule has 6 nitrogen and oxygen atoms in total. The summed E-state index contributed by atoms with van der Waals surface area (Å²) in [6.07, 6.45) is 1.85. The molecular formula is C14H26N4O2. The van der Waals surface area contributed by atoms with Crippen molar-refractivity contribution in [1.29, 1.82) is 0 Å². The standard InChI is InChI=1S/C14H26N4O2/c1-16(10-13(19)11-2-3-11)14(20)15-8-12-9-17-4-6-18(12)7-5-17/h11-13,19H,2-10H2,1H3,(H,15,20). The number of aliphatic hydroxyl groups is 1. The number of likely N-dealkylation sites (N-methyl/N-ethyl adjacent to an activating group) is 1. The topological polar surface area (TPSA) is 59.1 Å². The highest BCUT2D eigenvalue weighted by Crippen LogP contribution is 2.32. The van der Waals surface area contributed by atoms with Gasteiger partial charge in [-0.3, -0.25) is 9.80 Å². The van der Waals surface area contributed by atoms with Crippen LogP contribution in [0.25, 0.3) is 0 Å². The molecule has 4 aliphatic rings. The van der Waals surface area contributed by atoms with Crippen molar-refractivity contribution < 1.29 is 9.90 Å². The summed E-state index contributed by atoms with van der Waals surface area (Å²) in [7, 11) is 1.76. The average Bonchev–Trinajstić information content (AvgIpc) is 3.30. The van der Waals surface area contributed by atoms with Gasteiger partial charge in [0, 0.05) is 58.9 Å². The lowest BCUT2D eigenvalue weighted by molar-refractivity contribution is 0.0142. The largest absolute Gasteiger partial charge is 0.391 e. The molecule has 0 aromatic rings. The van der Waals surface area contributed by atoms with Crippen molar-refractivity contribution in [3.63, 3.8) is 0 Å². The Morgan fingerprint density at radius 3 is 2.60 bits per heavy atom. The van der Waals surface area contributed by atoms with E-state index < -0.39 is 0 Å². The van der Waals surface area contributed by atoms with Gasteiger partial charge in [0.05, 0.1) is 6.10 Å². The number of rotatable bonds is 5. The first-order valence-electron chi connectivity index (χ1n) is 7.77. The third-order valence-corrected chi connectivity index (χ3v) is 4.85. The summed E-state index contributed by atoms with van der Waals surface area (Å²) < 4.78 is 0. The van der Waals surface area contributed by atoms with Crippen molar-refractivity contribution in [2.24, 2.45) is 5.92 Å². The first-order chi connectivity index (χ1) is 9.63. The number of carbonyl (C=O) groups excluding carboxylic acids is 1. The summed E-state index contributed by atoms with van der Waals surface area (Å²) >= 11 is 0. The molecule has 3 heterocycles. The number of fused-ring (bicyclic) bond motifs is 3. The van der Waals surface area contributed by atoms with E-state index in [1.54, 1.807) is 11.9 Å². The van der Waals surface area contributed by atoms with Crippen molar-refractivity contribution >= 4 is 6.03 Å².